The summed E-state index contributed by atoms with van der Waals surface area (Å²) < 4.78 is 7.01. The van der Waals surface area contributed by atoms with Crippen LogP contribution >= 0.6 is 0 Å². The summed E-state index contributed by atoms with van der Waals surface area (Å²) in [5.41, 5.74) is 3.01. The summed E-state index contributed by atoms with van der Waals surface area (Å²) in [5, 5.41) is 0. The minimum atomic E-state index is -0.603. The lowest BCUT2D eigenvalue weighted by Gasteiger charge is -2.24. The molecular weight excluding hydrogens is 468 g/mol. The van der Waals surface area contributed by atoms with Crippen molar-refractivity contribution >= 4 is 28.8 Å². The Morgan fingerprint density at radius 1 is 1.00 bits per heavy atom. The summed E-state index contributed by atoms with van der Waals surface area (Å²) in [7, 11) is 0. The zero-order valence-corrected chi connectivity index (χ0v) is 21.2. The molecule has 0 fully saturated rings. The van der Waals surface area contributed by atoms with E-state index >= 15 is 0 Å². The number of carbonyl (C=O) groups excluding carboxylic acids is 1. The summed E-state index contributed by atoms with van der Waals surface area (Å²) in [6.45, 7) is 7.10. The number of ether oxygens (including phenoxy) is 1. The maximum Gasteiger partial charge on any atom is 0.414 e. The number of benzene rings is 2. The molecule has 1 amide bonds. The van der Waals surface area contributed by atoms with E-state index < -0.39 is 11.7 Å². The van der Waals surface area contributed by atoms with Crippen LogP contribution in [0.1, 0.15) is 38.3 Å². The molecule has 0 saturated carbocycles. The molecule has 0 radical (unpaired) electrons. The summed E-state index contributed by atoms with van der Waals surface area (Å²) >= 11 is 0. The average molecular weight is 499 g/mol. The monoisotopic (exact) mass is 498 g/mol. The van der Waals surface area contributed by atoms with Gasteiger partial charge in [-0.15, -0.1) is 0 Å². The minimum Gasteiger partial charge on any atom is -0.443 e. The Hall–Kier alpha value is -4.40. The van der Waals surface area contributed by atoms with Crippen LogP contribution < -0.4 is 10.6 Å². The van der Waals surface area contributed by atoms with E-state index in [4.69, 9.17) is 4.74 Å². The van der Waals surface area contributed by atoms with E-state index in [0.29, 0.717) is 48.7 Å². The SMILES string of the molecule is CC(C)(C)OC(=O)N1C=C(n2c(=O)[nH]c3c(N(Cc4ccccc4)Cc4ccccc4)ncnc32)CC1. The molecule has 0 atom stereocenters. The highest BCUT2D eigenvalue weighted by molar-refractivity contribution is 5.86. The summed E-state index contributed by atoms with van der Waals surface area (Å²) in [4.78, 5) is 41.4. The van der Waals surface area contributed by atoms with Gasteiger partial charge in [-0.25, -0.2) is 24.1 Å². The molecule has 5 rings (SSSR count). The third-order valence-corrected chi connectivity index (χ3v) is 6.02. The van der Waals surface area contributed by atoms with Gasteiger partial charge in [0.1, 0.15) is 17.4 Å². The van der Waals surface area contributed by atoms with Crippen molar-refractivity contribution in [1.82, 2.24) is 24.4 Å². The lowest BCUT2D eigenvalue weighted by Crippen LogP contribution is -2.32. The standard InChI is InChI=1S/C28H30N6O3/c1-28(2,3)37-27(36)32-15-14-22(18-32)34-25-23(31-26(34)35)24(29-19-30-25)33(16-20-10-6-4-7-11-20)17-21-12-8-5-9-13-21/h4-13,18-19H,14-17H2,1-3H3,(H,31,35). The van der Waals surface area contributed by atoms with E-state index in [1.54, 1.807) is 6.20 Å². The highest BCUT2D eigenvalue weighted by Gasteiger charge is 2.27. The molecule has 37 heavy (non-hydrogen) atoms. The van der Waals surface area contributed by atoms with Crippen LogP contribution in [0.5, 0.6) is 0 Å². The molecule has 2 aromatic carbocycles. The Kier molecular flexibility index (Phi) is 6.52. The van der Waals surface area contributed by atoms with Gasteiger partial charge in [-0.1, -0.05) is 60.7 Å². The maximum atomic E-state index is 13.2. The second kappa shape index (κ2) is 9.93. The van der Waals surface area contributed by atoms with Crippen LogP contribution in [0.4, 0.5) is 10.6 Å². The number of rotatable bonds is 6. The van der Waals surface area contributed by atoms with E-state index in [9.17, 15) is 9.59 Å². The van der Waals surface area contributed by atoms with E-state index in [1.165, 1.54) is 15.8 Å². The van der Waals surface area contributed by atoms with Gasteiger partial charge in [-0.05, 0) is 31.9 Å². The fraction of sp³-hybridized carbons (Fsp3) is 0.286. The van der Waals surface area contributed by atoms with Crippen LogP contribution in [0.2, 0.25) is 0 Å². The topological polar surface area (TPSA) is 96.3 Å². The van der Waals surface area contributed by atoms with Gasteiger partial charge in [0.15, 0.2) is 11.5 Å². The molecule has 9 heteroatoms. The quantitative estimate of drug-likeness (QED) is 0.412. The Morgan fingerprint density at radius 3 is 2.22 bits per heavy atom. The third-order valence-electron chi connectivity index (χ3n) is 6.02. The first kappa shape index (κ1) is 24.3. The van der Waals surface area contributed by atoms with Gasteiger partial charge < -0.3 is 14.6 Å². The van der Waals surface area contributed by atoms with Crippen molar-refractivity contribution in [3.8, 4) is 0 Å². The van der Waals surface area contributed by atoms with Gasteiger partial charge >= 0.3 is 11.8 Å². The third kappa shape index (κ3) is 5.40. The van der Waals surface area contributed by atoms with Crippen molar-refractivity contribution in [2.24, 2.45) is 0 Å². The number of hydrogen-bond acceptors (Lipinski definition) is 6. The van der Waals surface area contributed by atoms with E-state index in [2.05, 4.69) is 44.1 Å². The zero-order valence-electron chi connectivity index (χ0n) is 21.2. The second-order valence-corrected chi connectivity index (χ2v) is 10.0. The van der Waals surface area contributed by atoms with Crippen LogP contribution in [-0.2, 0) is 17.8 Å². The lowest BCUT2D eigenvalue weighted by atomic mass is 10.1. The maximum absolute atomic E-state index is 13.2. The van der Waals surface area contributed by atoms with Crippen LogP contribution in [0, 0.1) is 0 Å². The number of nitrogens with zero attached hydrogens (tertiary/aromatic N) is 5. The largest absolute Gasteiger partial charge is 0.443 e. The van der Waals surface area contributed by atoms with Crippen molar-refractivity contribution in [2.45, 2.75) is 45.9 Å². The molecule has 4 aromatic rings. The molecule has 0 aliphatic carbocycles. The highest BCUT2D eigenvalue weighted by Crippen LogP contribution is 2.28. The van der Waals surface area contributed by atoms with Crippen molar-refractivity contribution in [2.75, 3.05) is 11.4 Å². The molecule has 1 aliphatic rings. The molecule has 1 N–H and O–H groups in total. The van der Waals surface area contributed by atoms with Crippen molar-refractivity contribution in [1.29, 1.82) is 0 Å². The number of nitrogens with one attached hydrogen (secondary N) is 1. The van der Waals surface area contributed by atoms with Gasteiger partial charge in [-0.2, -0.15) is 0 Å². The molecule has 0 bridgehead atoms. The average Bonchev–Trinajstić information content (AvgIpc) is 3.47. The molecule has 0 unspecified atom stereocenters. The first-order valence-corrected chi connectivity index (χ1v) is 12.3. The Morgan fingerprint density at radius 2 is 1.62 bits per heavy atom. The first-order chi connectivity index (χ1) is 17.8. The van der Waals surface area contributed by atoms with Gasteiger partial charge in [0.25, 0.3) is 0 Å². The Bertz CT molecular complexity index is 1440. The molecule has 1 aliphatic heterocycles. The predicted octanol–water partition coefficient (Wildman–Crippen LogP) is 4.77. The fourth-order valence-corrected chi connectivity index (χ4v) is 4.41. The number of aromatic nitrogens is 4. The minimum absolute atomic E-state index is 0.326. The molecule has 0 saturated heterocycles. The van der Waals surface area contributed by atoms with Gasteiger partial charge in [0, 0.05) is 38.0 Å². The Labute approximate surface area is 215 Å². The van der Waals surface area contributed by atoms with E-state index in [0.717, 1.165) is 11.1 Å². The van der Waals surface area contributed by atoms with Crippen molar-refractivity contribution in [3.63, 3.8) is 0 Å². The summed E-state index contributed by atoms with van der Waals surface area (Å²) in [5.74, 6) is 0.635. The van der Waals surface area contributed by atoms with Crippen LogP contribution in [0.3, 0.4) is 0 Å². The summed E-state index contributed by atoms with van der Waals surface area (Å²) in [6.07, 6.45) is 3.20. The number of aromatic amines is 1. The molecule has 190 valence electrons. The zero-order chi connectivity index (χ0) is 26.0. The van der Waals surface area contributed by atoms with Crippen LogP contribution in [0.15, 0.2) is 78.0 Å². The second-order valence-electron chi connectivity index (χ2n) is 10.0. The number of fused-ring (bicyclic) bond motifs is 1. The van der Waals surface area contributed by atoms with Gasteiger partial charge in [0.05, 0.1) is 0 Å². The molecular formula is C28H30N6O3. The highest BCUT2D eigenvalue weighted by atomic mass is 16.6. The van der Waals surface area contributed by atoms with Gasteiger partial charge in [-0.3, -0.25) is 4.90 Å². The number of H-pyrrole nitrogens is 1. The first-order valence-electron chi connectivity index (χ1n) is 12.3. The van der Waals surface area contributed by atoms with E-state index in [1.807, 2.05) is 57.2 Å². The fourth-order valence-electron chi connectivity index (χ4n) is 4.41. The molecule has 3 heterocycles. The molecule has 2 aromatic heterocycles. The molecule has 9 nitrogen and oxygen atoms in total. The van der Waals surface area contributed by atoms with Crippen molar-refractivity contribution < 1.29 is 9.53 Å². The number of amides is 1. The molecule has 0 spiro atoms. The van der Waals surface area contributed by atoms with Crippen LogP contribution in [0.25, 0.3) is 16.9 Å². The van der Waals surface area contributed by atoms with Crippen molar-refractivity contribution in [3.05, 3.63) is 94.8 Å². The normalized spacial score (nSPS) is 13.6. The van der Waals surface area contributed by atoms with E-state index in [-0.39, 0.29) is 5.69 Å². The smallest absolute Gasteiger partial charge is 0.414 e. The number of hydrogen-bond donors (Lipinski definition) is 1. The summed E-state index contributed by atoms with van der Waals surface area (Å²) in [6, 6.07) is 20.3. The lowest BCUT2D eigenvalue weighted by molar-refractivity contribution is 0.0349. The van der Waals surface area contributed by atoms with Gasteiger partial charge in [0.2, 0.25) is 0 Å². The number of anilines is 1. The van der Waals surface area contributed by atoms with Crippen LogP contribution in [-0.4, -0.2) is 42.7 Å². The predicted molar refractivity (Wildman–Crippen MR) is 143 cm³/mol. The number of carbonyl (C=O) groups is 1. The Balaban J connectivity index is 1.53. The number of imidazole rings is 1.